The molecule has 196 valence electrons. The lowest BCUT2D eigenvalue weighted by Crippen LogP contribution is -2.38. The number of hydrogen-bond donors (Lipinski definition) is 0. The van der Waals surface area contributed by atoms with Gasteiger partial charge in [-0.25, -0.2) is 12.8 Å². The summed E-state index contributed by atoms with van der Waals surface area (Å²) in [6.07, 6.45) is 1.20. The Morgan fingerprint density at radius 1 is 1.22 bits per heavy atom. The van der Waals surface area contributed by atoms with Gasteiger partial charge in [0.1, 0.15) is 24.5 Å². The summed E-state index contributed by atoms with van der Waals surface area (Å²) in [4.78, 5) is 11.4. The number of sulfonamides is 1. The smallest absolute Gasteiger partial charge is 0.243 e. The van der Waals surface area contributed by atoms with Crippen molar-refractivity contribution >= 4 is 27.2 Å². The molecule has 2 atom stereocenters. The van der Waals surface area contributed by atoms with Crippen LogP contribution in [0.3, 0.4) is 0 Å². The Kier molecular flexibility index (Phi) is 8.27. The third-order valence-corrected chi connectivity index (χ3v) is 8.11. The minimum atomic E-state index is -3.89. The second kappa shape index (κ2) is 11.4. The molecule has 0 unspecified atom stereocenters. The van der Waals surface area contributed by atoms with E-state index in [9.17, 15) is 17.6 Å². The largest absolute Gasteiger partial charge is 0.491 e. The van der Waals surface area contributed by atoms with E-state index in [4.69, 9.17) is 9.47 Å². The van der Waals surface area contributed by atoms with Gasteiger partial charge in [-0.2, -0.15) is 9.40 Å². The zero-order chi connectivity index (χ0) is 26.6. The number of aldehydes is 1. The monoisotopic (exact) mass is 527 g/mol. The molecule has 0 radical (unpaired) electrons. The zero-order valence-electron chi connectivity index (χ0n) is 21.1. The first-order valence-corrected chi connectivity index (χ1v) is 13.5. The summed E-state index contributed by atoms with van der Waals surface area (Å²) in [5.74, 6) is 5.73. The number of rotatable bonds is 10. The Labute approximate surface area is 216 Å². The van der Waals surface area contributed by atoms with Crippen LogP contribution >= 0.6 is 0 Å². The second-order valence-corrected chi connectivity index (χ2v) is 11.0. The van der Waals surface area contributed by atoms with E-state index in [1.807, 2.05) is 13.8 Å². The van der Waals surface area contributed by atoms with Crippen molar-refractivity contribution in [2.75, 3.05) is 19.8 Å². The number of fused-ring (bicyclic) bond motifs is 1. The van der Waals surface area contributed by atoms with Gasteiger partial charge in [-0.15, -0.1) is 5.92 Å². The molecule has 0 spiro atoms. The summed E-state index contributed by atoms with van der Waals surface area (Å²) >= 11 is 0. The molecule has 0 saturated carbocycles. The van der Waals surface area contributed by atoms with Gasteiger partial charge in [-0.1, -0.05) is 5.92 Å². The average Bonchev–Trinajstić information content (AvgIpc) is 3.44. The van der Waals surface area contributed by atoms with E-state index in [0.29, 0.717) is 28.8 Å². The number of nitrogens with zero attached hydrogens (tertiary/aromatic N) is 3. The molecule has 1 aliphatic heterocycles. The second-order valence-electron chi connectivity index (χ2n) is 9.12. The van der Waals surface area contributed by atoms with Crippen molar-refractivity contribution in [2.45, 2.75) is 56.7 Å². The van der Waals surface area contributed by atoms with Gasteiger partial charge in [0.2, 0.25) is 10.0 Å². The standard InChI is InChI=1S/C27H30FN3O5S/c1-4-5-14-35-18-22-16-21(31-27-15-20(28)6-11-25(27)26(29-31)12-13-32)17-30(22)37(33,34)24-9-7-23(8-10-24)36-19(2)3/h6-11,13,15,19,21-22H,12,14,16-18H2,1-3H3/t21-,22-/m1/s1. The van der Waals surface area contributed by atoms with Crippen molar-refractivity contribution in [1.82, 2.24) is 14.1 Å². The van der Waals surface area contributed by atoms with Crippen LogP contribution in [0.25, 0.3) is 10.9 Å². The molecule has 2 aromatic carbocycles. The van der Waals surface area contributed by atoms with Crippen LogP contribution in [-0.2, 0) is 26.0 Å². The third-order valence-electron chi connectivity index (χ3n) is 6.17. The van der Waals surface area contributed by atoms with Gasteiger partial charge >= 0.3 is 0 Å². The number of benzene rings is 2. The number of carbonyl (C=O) groups is 1. The van der Waals surface area contributed by atoms with Crippen LogP contribution in [0.4, 0.5) is 4.39 Å². The summed E-state index contributed by atoms with van der Waals surface area (Å²) < 4.78 is 56.0. The van der Waals surface area contributed by atoms with Crippen molar-refractivity contribution < 1.29 is 27.1 Å². The molecule has 0 bridgehead atoms. The van der Waals surface area contributed by atoms with Crippen LogP contribution in [0.2, 0.25) is 0 Å². The molecule has 1 aliphatic rings. The zero-order valence-corrected chi connectivity index (χ0v) is 21.9. The van der Waals surface area contributed by atoms with E-state index in [2.05, 4.69) is 16.9 Å². The predicted octanol–water partition coefficient (Wildman–Crippen LogP) is 3.75. The third kappa shape index (κ3) is 5.85. The highest BCUT2D eigenvalue weighted by Crippen LogP contribution is 2.35. The summed E-state index contributed by atoms with van der Waals surface area (Å²) in [5.41, 5.74) is 1.05. The van der Waals surface area contributed by atoms with E-state index in [0.717, 1.165) is 6.29 Å². The van der Waals surface area contributed by atoms with Crippen LogP contribution in [0.1, 0.15) is 38.9 Å². The molecule has 1 aromatic heterocycles. The van der Waals surface area contributed by atoms with Gasteiger partial charge in [0.05, 0.1) is 40.9 Å². The van der Waals surface area contributed by atoms with Gasteiger partial charge in [0.15, 0.2) is 0 Å². The molecule has 1 saturated heterocycles. The molecule has 37 heavy (non-hydrogen) atoms. The van der Waals surface area contributed by atoms with Gasteiger partial charge in [-0.05, 0) is 69.7 Å². The predicted molar refractivity (Wildman–Crippen MR) is 137 cm³/mol. The number of ether oxygens (including phenoxy) is 2. The molecule has 0 aliphatic carbocycles. The van der Waals surface area contributed by atoms with Crippen molar-refractivity contribution in [3.63, 3.8) is 0 Å². The highest BCUT2D eigenvalue weighted by Gasteiger charge is 2.42. The van der Waals surface area contributed by atoms with E-state index < -0.39 is 21.9 Å². The molecule has 8 nitrogen and oxygen atoms in total. The van der Waals surface area contributed by atoms with Crippen molar-refractivity contribution in [3.8, 4) is 17.6 Å². The Hall–Kier alpha value is -3.26. The summed E-state index contributed by atoms with van der Waals surface area (Å²) in [6, 6.07) is 9.76. The normalized spacial score (nSPS) is 18.2. The molecule has 4 rings (SSSR count). The summed E-state index contributed by atoms with van der Waals surface area (Å²) in [5, 5.41) is 5.26. The Balaban J connectivity index is 1.68. The fraction of sp³-hybridized carbons (Fsp3) is 0.407. The molecule has 3 aromatic rings. The average molecular weight is 528 g/mol. The maximum absolute atomic E-state index is 14.2. The highest BCUT2D eigenvalue weighted by atomic mass is 32.2. The Bertz CT molecular complexity index is 1420. The molecule has 0 amide bonds. The maximum Gasteiger partial charge on any atom is 0.243 e. The SMILES string of the molecule is CC#CCOC[C@H]1C[C@@H](n2nc(CC=O)c3ccc(F)cc32)CN1S(=O)(=O)c1ccc(OC(C)C)cc1. The minimum Gasteiger partial charge on any atom is -0.491 e. The first-order chi connectivity index (χ1) is 17.7. The van der Waals surface area contributed by atoms with Crippen molar-refractivity contribution in [1.29, 1.82) is 0 Å². The van der Waals surface area contributed by atoms with E-state index in [-0.39, 0.29) is 43.2 Å². The maximum atomic E-state index is 14.2. The van der Waals surface area contributed by atoms with Gasteiger partial charge in [0.25, 0.3) is 0 Å². The fourth-order valence-electron chi connectivity index (χ4n) is 4.59. The van der Waals surface area contributed by atoms with Gasteiger partial charge in [0, 0.05) is 18.4 Å². The van der Waals surface area contributed by atoms with Gasteiger partial charge in [-0.3, -0.25) is 4.68 Å². The number of aromatic nitrogens is 2. The van der Waals surface area contributed by atoms with Gasteiger partial charge < -0.3 is 14.3 Å². The molecule has 2 heterocycles. The number of carbonyl (C=O) groups excluding carboxylic acids is 1. The van der Waals surface area contributed by atoms with E-state index >= 15 is 0 Å². The van der Waals surface area contributed by atoms with Crippen molar-refractivity contribution in [2.24, 2.45) is 0 Å². The minimum absolute atomic E-state index is 0.0348. The topological polar surface area (TPSA) is 90.7 Å². The Morgan fingerprint density at radius 3 is 2.65 bits per heavy atom. The van der Waals surface area contributed by atoms with Crippen LogP contribution in [0.5, 0.6) is 5.75 Å². The lowest BCUT2D eigenvalue weighted by molar-refractivity contribution is -0.107. The molecule has 0 N–H and O–H groups in total. The fourth-order valence-corrected chi connectivity index (χ4v) is 6.24. The summed E-state index contributed by atoms with van der Waals surface area (Å²) in [6.45, 7) is 5.95. The molecule has 1 fully saturated rings. The van der Waals surface area contributed by atoms with Crippen LogP contribution in [0.15, 0.2) is 47.4 Å². The highest BCUT2D eigenvalue weighted by molar-refractivity contribution is 7.89. The first kappa shape index (κ1) is 26.8. The van der Waals surface area contributed by atoms with Crippen LogP contribution < -0.4 is 4.74 Å². The van der Waals surface area contributed by atoms with Crippen LogP contribution in [-0.4, -0.2) is 60.7 Å². The summed E-state index contributed by atoms with van der Waals surface area (Å²) in [7, 11) is -3.89. The number of hydrogen-bond acceptors (Lipinski definition) is 6. The molecule has 10 heteroatoms. The van der Waals surface area contributed by atoms with Crippen molar-refractivity contribution in [3.05, 3.63) is 54.0 Å². The number of halogens is 1. The lowest BCUT2D eigenvalue weighted by atomic mass is 10.1. The van der Waals surface area contributed by atoms with E-state index in [1.165, 1.54) is 28.6 Å². The first-order valence-electron chi connectivity index (χ1n) is 12.1. The molecular weight excluding hydrogens is 497 g/mol. The quantitative estimate of drug-likeness (QED) is 0.227. The lowest BCUT2D eigenvalue weighted by Gasteiger charge is -2.23. The molecular formula is C27H30FN3O5S. The van der Waals surface area contributed by atoms with Crippen LogP contribution in [0, 0.1) is 17.7 Å². The Morgan fingerprint density at radius 2 is 1.97 bits per heavy atom. The van der Waals surface area contributed by atoms with E-state index in [1.54, 1.807) is 29.8 Å².